The van der Waals surface area contributed by atoms with Crippen molar-refractivity contribution >= 4 is 0 Å². The molecule has 17 heavy (non-hydrogen) atoms. The van der Waals surface area contributed by atoms with Crippen molar-refractivity contribution in [1.29, 1.82) is 0 Å². The number of hydrogen-bond acceptors (Lipinski definition) is 3. The molecular formula is C14H28N2O. The molecule has 1 aliphatic heterocycles. The number of hydrogen-bond donors (Lipinski definition) is 1. The van der Waals surface area contributed by atoms with Crippen molar-refractivity contribution in [3.8, 4) is 0 Å². The predicted molar refractivity (Wildman–Crippen MR) is 71.3 cm³/mol. The van der Waals surface area contributed by atoms with Gasteiger partial charge in [0.1, 0.15) is 0 Å². The Bertz CT molecular complexity index is 216. The van der Waals surface area contributed by atoms with Gasteiger partial charge in [-0.15, -0.1) is 0 Å². The molecule has 1 saturated carbocycles. The van der Waals surface area contributed by atoms with Gasteiger partial charge in [0.25, 0.3) is 0 Å². The molecule has 1 saturated heterocycles. The minimum atomic E-state index is 0.756. The van der Waals surface area contributed by atoms with Crippen LogP contribution in [-0.2, 0) is 4.74 Å². The maximum Gasteiger partial charge on any atom is 0.0480 e. The number of ether oxygens (including phenoxy) is 1. The molecule has 0 bridgehead atoms. The Balaban J connectivity index is 1.78. The second-order valence-corrected chi connectivity index (χ2v) is 5.64. The Morgan fingerprint density at radius 3 is 2.65 bits per heavy atom. The normalized spacial score (nSPS) is 31.2. The Morgan fingerprint density at radius 1 is 1.18 bits per heavy atom. The van der Waals surface area contributed by atoms with Crippen LogP contribution in [0.2, 0.25) is 0 Å². The summed E-state index contributed by atoms with van der Waals surface area (Å²) >= 11 is 0. The zero-order valence-corrected chi connectivity index (χ0v) is 11.5. The van der Waals surface area contributed by atoms with E-state index in [1.54, 1.807) is 0 Å². The highest BCUT2D eigenvalue weighted by Gasteiger charge is 2.29. The van der Waals surface area contributed by atoms with Crippen molar-refractivity contribution < 1.29 is 4.74 Å². The van der Waals surface area contributed by atoms with E-state index in [1.807, 2.05) is 0 Å². The van der Waals surface area contributed by atoms with Gasteiger partial charge in [-0.3, -0.25) is 0 Å². The third-order valence-electron chi connectivity index (χ3n) is 4.46. The minimum absolute atomic E-state index is 0.756. The fourth-order valence-corrected chi connectivity index (χ4v) is 3.43. The van der Waals surface area contributed by atoms with Crippen LogP contribution in [0.5, 0.6) is 0 Å². The van der Waals surface area contributed by atoms with E-state index >= 15 is 0 Å². The average molecular weight is 240 g/mol. The summed E-state index contributed by atoms with van der Waals surface area (Å²) in [6.07, 6.45) is 6.62. The third kappa shape index (κ3) is 3.67. The molecule has 0 amide bonds. The van der Waals surface area contributed by atoms with Gasteiger partial charge in [-0.25, -0.2) is 0 Å². The topological polar surface area (TPSA) is 24.5 Å². The molecule has 2 aliphatic rings. The zero-order chi connectivity index (χ0) is 12.1. The van der Waals surface area contributed by atoms with E-state index in [0.717, 1.165) is 37.8 Å². The molecule has 2 rings (SSSR count). The van der Waals surface area contributed by atoms with Gasteiger partial charge in [0.2, 0.25) is 0 Å². The minimum Gasteiger partial charge on any atom is -0.381 e. The smallest absolute Gasteiger partial charge is 0.0480 e. The Hall–Kier alpha value is -0.120. The van der Waals surface area contributed by atoms with Gasteiger partial charge in [-0.05, 0) is 45.2 Å². The molecule has 0 spiro atoms. The van der Waals surface area contributed by atoms with Crippen molar-refractivity contribution in [2.45, 2.75) is 51.1 Å². The van der Waals surface area contributed by atoms with E-state index in [1.165, 1.54) is 38.6 Å². The molecule has 1 aliphatic carbocycles. The fraction of sp³-hybridized carbons (Fsp3) is 1.00. The standard InChI is InChI=1S/C14H28N2O/c1-3-15-14-6-4-5-12(14)11-16(2)13-7-9-17-10-8-13/h12-15H,3-11H2,1-2H3. The van der Waals surface area contributed by atoms with E-state index in [0.29, 0.717) is 0 Å². The molecule has 1 N–H and O–H groups in total. The van der Waals surface area contributed by atoms with Gasteiger partial charge in [-0.2, -0.15) is 0 Å². The number of nitrogens with zero attached hydrogens (tertiary/aromatic N) is 1. The highest BCUT2D eigenvalue weighted by atomic mass is 16.5. The monoisotopic (exact) mass is 240 g/mol. The van der Waals surface area contributed by atoms with E-state index < -0.39 is 0 Å². The van der Waals surface area contributed by atoms with E-state index in [2.05, 4.69) is 24.2 Å². The summed E-state index contributed by atoms with van der Waals surface area (Å²) < 4.78 is 5.44. The lowest BCUT2D eigenvalue weighted by Gasteiger charge is -2.34. The van der Waals surface area contributed by atoms with Crippen LogP contribution in [0.3, 0.4) is 0 Å². The molecule has 3 heteroatoms. The molecule has 0 aromatic carbocycles. The Morgan fingerprint density at radius 2 is 1.94 bits per heavy atom. The first kappa shape index (κ1) is 13.3. The predicted octanol–water partition coefficient (Wildman–Crippen LogP) is 1.88. The summed E-state index contributed by atoms with van der Waals surface area (Å²) in [6, 6.07) is 1.52. The van der Waals surface area contributed by atoms with Crippen LogP contribution in [0.4, 0.5) is 0 Å². The van der Waals surface area contributed by atoms with Gasteiger partial charge < -0.3 is 15.0 Å². The molecule has 0 aromatic rings. The van der Waals surface area contributed by atoms with Crippen LogP contribution in [0, 0.1) is 5.92 Å². The lowest BCUT2D eigenvalue weighted by Crippen LogP contribution is -2.43. The van der Waals surface area contributed by atoms with Crippen molar-refractivity contribution in [1.82, 2.24) is 10.2 Å². The van der Waals surface area contributed by atoms with Crippen molar-refractivity contribution in [3.05, 3.63) is 0 Å². The highest BCUT2D eigenvalue weighted by Crippen LogP contribution is 2.27. The summed E-state index contributed by atoms with van der Waals surface area (Å²) in [6.45, 7) is 6.51. The largest absolute Gasteiger partial charge is 0.381 e. The Labute approximate surface area is 106 Å². The quantitative estimate of drug-likeness (QED) is 0.794. The molecule has 100 valence electrons. The summed E-state index contributed by atoms with van der Waals surface area (Å²) in [5.41, 5.74) is 0. The van der Waals surface area contributed by atoms with Crippen LogP contribution in [0.15, 0.2) is 0 Å². The first-order valence-corrected chi connectivity index (χ1v) is 7.32. The number of rotatable bonds is 5. The van der Waals surface area contributed by atoms with E-state index in [9.17, 15) is 0 Å². The molecule has 2 fully saturated rings. The van der Waals surface area contributed by atoms with Crippen molar-refractivity contribution in [2.75, 3.05) is 33.4 Å². The first-order valence-electron chi connectivity index (χ1n) is 7.32. The first-order chi connectivity index (χ1) is 8.31. The summed E-state index contributed by atoms with van der Waals surface area (Å²) in [4.78, 5) is 2.59. The maximum atomic E-state index is 5.44. The van der Waals surface area contributed by atoms with E-state index in [4.69, 9.17) is 4.74 Å². The van der Waals surface area contributed by atoms with Crippen molar-refractivity contribution in [3.63, 3.8) is 0 Å². The van der Waals surface area contributed by atoms with Crippen LogP contribution < -0.4 is 5.32 Å². The van der Waals surface area contributed by atoms with Crippen molar-refractivity contribution in [2.24, 2.45) is 5.92 Å². The van der Waals surface area contributed by atoms with Gasteiger partial charge >= 0.3 is 0 Å². The average Bonchev–Trinajstić information content (AvgIpc) is 2.78. The van der Waals surface area contributed by atoms with Gasteiger partial charge in [0, 0.05) is 31.8 Å². The number of nitrogens with one attached hydrogen (secondary N) is 1. The molecule has 3 nitrogen and oxygen atoms in total. The van der Waals surface area contributed by atoms with Gasteiger partial charge in [0.05, 0.1) is 0 Å². The highest BCUT2D eigenvalue weighted by molar-refractivity contribution is 4.86. The zero-order valence-electron chi connectivity index (χ0n) is 11.5. The van der Waals surface area contributed by atoms with Crippen LogP contribution in [0.1, 0.15) is 39.0 Å². The van der Waals surface area contributed by atoms with Crippen LogP contribution >= 0.6 is 0 Å². The van der Waals surface area contributed by atoms with Crippen LogP contribution in [0.25, 0.3) is 0 Å². The third-order valence-corrected chi connectivity index (χ3v) is 4.46. The molecule has 2 unspecified atom stereocenters. The molecule has 2 atom stereocenters. The Kier molecular flexibility index (Phi) is 5.26. The lowest BCUT2D eigenvalue weighted by molar-refractivity contribution is 0.0373. The van der Waals surface area contributed by atoms with E-state index in [-0.39, 0.29) is 0 Å². The summed E-state index contributed by atoms with van der Waals surface area (Å²) in [5, 5.41) is 3.65. The molecular weight excluding hydrogens is 212 g/mol. The fourth-order valence-electron chi connectivity index (χ4n) is 3.43. The maximum absolute atomic E-state index is 5.44. The SMILES string of the molecule is CCNC1CCCC1CN(C)C1CCOCC1. The second kappa shape index (κ2) is 6.72. The molecule has 1 heterocycles. The van der Waals surface area contributed by atoms with Gasteiger partial charge in [0.15, 0.2) is 0 Å². The summed E-state index contributed by atoms with van der Waals surface area (Å²) in [5.74, 6) is 0.864. The summed E-state index contributed by atoms with van der Waals surface area (Å²) in [7, 11) is 2.30. The van der Waals surface area contributed by atoms with Crippen LogP contribution in [-0.4, -0.2) is 50.3 Å². The lowest BCUT2D eigenvalue weighted by atomic mass is 10.0. The molecule has 0 aromatic heterocycles. The van der Waals surface area contributed by atoms with Gasteiger partial charge in [-0.1, -0.05) is 13.3 Å². The molecule has 0 radical (unpaired) electrons. The second-order valence-electron chi connectivity index (χ2n) is 5.64.